The van der Waals surface area contributed by atoms with Crippen molar-refractivity contribution < 1.29 is 4.74 Å². The summed E-state index contributed by atoms with van der Waals surface area (Å²) in [4.78, 5) is 0. The first kappa shape index (κ1) is 15.0. The van der Waals surface area contributed by atoms with Gasteiger partial charge in [-0.1, -0.05) is 39.8 Å². The molecule has 0 aliphatic rings. The molecule has 2 nitrogen and oxygen atoms in total. The van der Waals surface area contributed by atoms with Crippen molar-refractivity contribution in [1.82, 2.24) is 0 Å². The van der Waals surface area contributed by atoms with Crippen LogP contribution in [-0.2, 0) is 6.42 Å². The fraction of sp³-hybridized carbons (Fsp3) is 0.625. The van der Waals surface area contributed by atoms with Crippen molar-refractivity contribution in [3.05, 3.63) is 29.3 Å². The van der Waals surface area contributed by atoms with Crippen LogP contribution < -0.4 is 10.5 Å². The monoisotopic (exact) mass is 249 g/mol. The molecule has 0 saturated heterocycles. The summed E-state index contributed by atoms with van der Waals surface area (Å²) >= 11 is 0. The van der Waals surface area contributed by atoms with Crippen LogP contribution >= 0.6 is 0 Å². The molecule has 1 aromatic carbocycles. The molecule has 0 aromatic heterocycles. The van der Waals surface area contributed by atoms with Gasteiger partial charge in [-0.3, -0.25) is 0 Å². The Morgan fingerprint density at radius 3 is 2.39 bits per heavy atom. The van der Waals surface area contributed by atoms with Gasteiger partial charge < -0.3 is 10.5 Å². The SMILES string of the molecule is CCc1ccc(OC)c(C(CCN)C(C)(C)C)c1. The maximum absolute atomic E-state index is 5.78. The third-order valence-corrected chi connectivity index (χ3v) is 3.58. The van der Waals surface area contributed by atoms with Crippen molar-refractivity contribution in [3.8, 4) is 5.75 Å². The van der Waals surface area contributed by atoms with E-state index in [0.717, 1.165) is 18.6 Å². The number of benzene rings is 1. The van der Waals surface area contributed by atoms with Gasteiger partial charge in [0, 0.05) is 0 Å². The molecular weight excluding hydrogens is 222 g/mol. The zero-order valence-corrected chi connectivity index (χ0v) is 12.4. The predicted molar refractivity (Wildman–Crippen MR) is 78.2 cm³/mol. The van der Waals surface area contributed by atoms with Crippen molar-refractivity contribution in [2.75, 3.05) is 13.7 Å². The molecule has 0 aliphatic carbocycles. The summed E-state index contributed by atoms with van der Waals surface area (Å²) in [6, 6.07) is 6.51. The number of methoxy groups -OCH3 is 1. The maximum Gasteiger partial charge on any atom is 0.122 e. The summed E-state index contributed by atoms with van der Waals surface area (Å²) < 4.78 is 5.53. The number of hydrogen-bond donors (Lipinski definition) is 1. The Balaban J connectivity index is 3.24. The van der Waals surface area contributed by atoms with Crippen LogP contribution in [0.25, 0.3) is 0 Å². The quantitative estimate of drug-likeness (QED) is 0.863. The smallest absolute Gasteiger partial charge is 0.122 e. The highest BCUT2D eigenvalue weighted by atomic mass is 16.5. The lowest BCUT2D eigenvalue weighted by Crippen LogP contribution is -2.22. The number of nitrogens with two attached hydrogens (primary N) is 1. The van der Waals surface area contributed by atoms with Crippen LogP contribution in [0.15, 0.2) is 18.2 Å². The van der Waals surface area contributed by atoms with E-state index in [1.54, 1.807) is 7.11 Å². The highest BCUT2D eigenvalue weighted by molar-refractivity contribution is 5.40. The van der Waals surface area contributed by atoms with Gasteiger partial charge in [-0.15, -0.1) is 0 Å². The molecule has 2 N–H and O–H groups in total. The van der Waals surface area contributed by atoms with Gasteiger partial charge in [0.2, 0.25) is 0 Å². The number of aryl methyl sites for hydroxylation is 1. The van der Waals surface area contributed by atoms with Crippen LogP contribution in [0.3, 0.4) is 0 Å². The molecule has 0 bridgehead atoms. The van der Waals surface area contributed by atoms with Crippen LogP contribution in [-0.4, -0.2) is 13.7 Å². The molecular formula is C16H27NO. The average Bonchev–Trinajstić information content (AvgIpc) is 2.33. The lowest BCUT2D eigenvalue weighted by Gasteiger charge is -2.32. The molecule has 0 radical (unpaired) electrons. The molecule has 1 unspecified atom stereocenters. The van der Waals surface area contributed by atoms with Gasteiger partial charge >= 0.3 is 0 Å². The second-order valence-electron chi connectivity index (χ2n) is 5.93. The Bertz CT molecular complexity index is 379. The molecule has 18 heavy (non-hydrogen) atoms. The Morgan fingerprint density at radius 1 is 1.28 bits per heavy atom. The van der Waals surface area contributed by atoms with E-state index in [4.69, 9.17) is 10.5 Å². The van der Waals surface area contributed by atoms with Crippen molar-refractivity contribution >= 4 is 0 Å². The van der Waals surface area contributed by atoms with Gasteiger partial charge in [0.05, 0.1) is 7.11 Å². The number of rotatable bonds is 5. The Labute approximate surface area is 112 Å². The Kier molecular flexibility index (Phi) is 5.21. The first-order valence-corrected chi connectivity index (χ1v) is 6.80. The molecule has 1 atom stereocenters. The van der Waals surface area contributed by atoms with Gasteiger partial charge in [0.1, 0.15) is 5.75 Å². The minimum Gasteiger partial charge on any atom is -0.496 e. The van der Waals surface area contributed by atoms with Crippen molar-refractivity contribution in [2.45, 2.75) is 46.5 Å². The fourth-order valence-electron chi connectivity index (χ4n) is 2.50. The van der Waals surface area contributed by atoms with E-state index in [1.807, 2.05) is 0 Å². The van der Waals surface area contributed by atoms with E-state index in [-0.39, 0.29) is 5.41 Å². The van der Waals surface area contributed by atoms with Crippen LogP contribution in [0.4, 0.5) is 0 Å². The van der Waals surface area contributed by atoms with Crippen LogP contribution in [0.1, 0.15) is 51.2 Å². The van der Waals surface area contributed by atoms with Crippen LogP contribution in [0, 0.1) is 5.41 Å². The normalized spacial score (nSPS) is 13.4. The molecule has 0 spiro atoms. The van der Waals surface area contributed by atoms with E-state index in [9.17, 15) is 0 Å². The van der Waals surface area contributed by atoms with Crippen LogP contribution in [0.5, 0.6) is 5.75 Å². The predicted octanol–water partition coefficient (Wildman–Crippen LogP) is 3.74. The standard InChI is InChI=1S/C16H27NO/c1-6-12-7-8-15(18-5)13(11-12)14(9-10-17)16(2,3)4/h7-8,11,14H,6,9-10,17H2,1-5H3. The summed E-state index contributed by atoms with van der Waals surface area (Å²) in [6.45, 7) is 9.70. The maximum atomic E-state index is 5.78. The van der Waals surface area contributed by atoms with Gasteiger partial charge in [-0.05, 0) is 47.9 Å². The summed E-state index contributed by atoms with van der Waals surface area (Å²) in [5.41, 5.74) is 8.64. The Morgan fingerprint density at radius 2 is 1.94 bits per heavy atom. The molecule has 0 heterocycles. The molecule has 0 fully saturated rings. The highest BCUT2D eigenvalue weighted by Crippen LogP contribution is 2.41. The van der Waals surface area contributed by atoms with Gasteiger partial charge in [0.25, 0.3) is 0 Å². The van der Waals surface area contributed by atoms with Gasteiger partial charge in [-0.25, -0.2) is 0 Å². The van der Waals surface area contributed by atoms with Crippen molar-refractivity contribution in [2.24, 2.45) is 11.1 Å². The topological polar surface area (TPSA) is 35.2 Å². The van der Waals surface area contributed by atoms with E-state index in [2.05, 4.69) is 45.9 Å². The molecule has 2 heteroatoms. The summed E-state index contributed by atoms with van der Waals surface area (Å²) in [6.07, 6.45) is 2.05. The first-order chi connectivity index (χ1) is 8.43. The average molecular weight is 249 g/mol. The fourth-order valence-corrected chi connectivity index (χ4v) is 2.50. The van der Waals surface area contributed by atoms with Crippen LogP contribution in [0.2, 0.25) is 0 Å². The van der Waals surface area contributed by atoms with E-state index >= 15 is 0 Å². The molecule has 0 aliphatic heterocycles. The lowest BCUT2D eigenvalue weighted by molar-refractivity contribution is 0.297. The summed E-state index contributed by atoms with van der Waals surface area (Å²) in [7, 11) is 1.74. The third-order valence-electron chi connectivity index (χ3n) is 3.58. The van der Waals surface area contributed by atoms with E-state index < -0.39 is 0 Å². The molecule has 1 rings (SSSR count). The Hall–Kier alpha value is -1.02. The molecule has 0 amide bonds. The van der Waals surface area contributed by atoms with Crippen molar-refractivity contribution in [3.63, 3.8) is 0 Å². The lowest BCUT2D eigenvalue weighted by atomic mass is 9.74. The van der Waals surface area contributed by atoms with E-state index in [0.29, 0.717) is 12.5 Å². The second-order valence-corrected chi connectivity index (χ2v) is 5.93. The number of ether oxygens (including phenoxy) is 1. The molecule has 102 valence electrons. The zero-order chi connectivity index (χ0) is 13.8. The minimum absolute atomic E-state index is 0.193. The second kappa shape index (κ2) is 6.24. The summed E-state index contributed by atoms with van der Waals surface area (Å²) in [5, 5.41) is 0. The van der Waals surface area contributed by atoms with Crippen molar-refractivity contribution in [1.29, 1.82) is 0 Å². The largest absolute Gasteiger partial charge is 0.496 e. The minimum atomic E-state index is 0.193. The number of hydrogen-bond acceptors (Lipinski definition) is 2. The van der Waals surface area contributed by atoms with Gasteiger partial charge in [0.15, 0.2) is 0 Å². The third kappa shape index (κ3) is 3.49. The zero-order valence-electron chi connectivity index (χ0n) is 12.4. The highest BCUT2D eigenvalue weighted by Gasteiger charge is 2.28. The molecule has 1 aromatic rings. The first-order valence-electron chi connectivity index (χ1n) is 6.80. The summed E-state index contributed by atoms with van der Waals surface area (Å²) in [5.74, 6) is 1.42. The van der Waals surface area contributed by atoms with E-state index in [1.165, 1.54) is 11.1 Å². The van der Waals surface area contributed by atoms with Gasteiger partial charge in [-0.2, -0.15) is 0 Å². The molecule has 0 saturated carbocycles.